The van der Waals surface area contributed by atoms with Crippen LogP contribution in [0.1, 0.15) is 12.5 Å². The number of H-pyrrole nitrogens is 1. The van der Waals surface area contributed by atoms with E-state index in [2.05, 4.69) is 10.3 Å². The molecular formula is C19H15ClN4O3S. The number of thioether (sulfide) groups is 1. The van der Waals surface area contributed by atoms with Crippen LogP contribution < -0.4 is 10.9 Å². The predicted octanol–water partition coefficient (Wildman–Crippen LogP) is 3.67. The smallest absolute Gasteiger partial charge is 0.350 e. The highest BCUT2D eigenvalue weighted by Crippen LogP contribution is 2.36. The molecule has 142 valence electrons. The summed E-state index contributed by atoms with van der Waals surface area (Å²) in [5, 5.41) is 21.9. The Kier molecular flexibility index (Phi) is 7.28. The molecule has 2 aromatic rings. The van der Waals surface area contributed by atoms with Crippen LogP contribution in [0.5, 0.6) is 0 Å². The van der Waals surface area contributed by atoms with E-state index in [1.807, 2.05) is 6.07 Å². The van der Waals surface area contributed by atoms with Crippen molar-refractivity contribution in [2.45, 2.75) is 11.8 Å². The summed E-state index contributed by atoms with van der Waals surface area (Å²) in [4.78, 5) is 27.3. The number of nitrogens with zero attached hydrogens (tertiary/aromatic N) is 2. The number of rotatable bonds is 6. The summed E-state index contributed by atoms with van der Waals surface area (Å²) >= 11 is 7.22. The predicted molar refractivity (Wildman–Crippen MR) is 108 cm³/mol. The van der Waals surface area contributed by atoms with E-state index in [0.717, 1.165) is 6.20 Å². The van der Waals surface area contributed by atoms with Gasteiger partial charge in [-0.3, -0.25) is 4.79 Å². The fourth-order valence-electron chi connectivity index (χ4n) is 2.38. The van der Waals surface area contributed by atoms with Crippen molar-refractivity contribution in [1.82, 2.24) is 4.98 Å². The molecule has 28 heavy (non-hydrogen) atoms. The van der Waals surface area contributed by atoms with Gasteiger partial charge >= 0.3 is 5.97 Å². The Morgan fingerprint density at radius 1 is 1.36 bits per heavy atom. The lowest BCUT2D eigenvalue weighted by atomic mass is 10.0. The first-order chi connectivity index (χ1) is 13.5. The van der Waals surface area contributed by atoms with Gasteiger partial charge in [0.1, 0.15) is 23.5 Å². The number of aromatic amines is 1. The lowest BCUT2D eigenvalue weighted by Crippen LogP contribution is -2.16. The van der Waals surface area contributed by atoms with Gasteiger partial charge in [-0.25, -0.2) is 4.79 Å². The van der Waals surface area contributed by atoms with Crippen molar-refractivity contribution in [2.75, 3.05) is 18.2 Å². The van der Waals surface area contributed by atoms with E-state index < -0.39 is 11.5 Å². The van der Waals surface area contributed by atoms with Crippen molar-refractivity contribution in [3.05, 3.63) is 57.0 Å². The first-order valence-corrected chi connectivity index (χ1v) is 9.61. The number of ether oxygens (including phenoxy) is 1. The lowest BCUT2D eigenvalue weighted by molar-refractivity contribution is -0.138. The molecule has 2 rings (SSSR count). The fraction of sp³-hybridized carbons (Fsp3) is 0.158. The highest BCUT2D eigenvalue weighted by Gasteiger charge is 2.19. The summed E-state index contributed by atoms with van der Waals surface area (Å²) < 4.78 is 4.80. The first-order valence-electron chi connectivity index (χ1n) is 8.01. The second-order valence-corrected chi connectivity index (χ2v) is 6.52. The third-order valence-electron chi connectivity index (χ3n) is 3.60. The monoisotopic (exact) mass is 414 g/mol. The van der Waals surface area contributed by atoms with Gasteiger partial charge in [0.2, 0.25) is 0 Å². The number of halogens is 1. The van der Waals surface area contributed by atoms with Crippen molar-refractivity contribution < 1.29 is 9.53 Å². The highest BCUT2D eigenvalue weighted by atomic mass is 35.5. The molecule has 9 heteroatoms. The largest absolute Gasteiger partial charge is 0.462 e. The number of hydrogen-bond donors (Lipinski definition) is 2. The molecule has 0 aliphatic rings. The van der Waals surface area contributed by atoms with Gasteiger partial charge in [0.15, 0.2) is 5.57 Å². The van der Waals surface area contributed by atoms with E-state index in [4.69, 9.17) is 21.6 Å². The van der Waals surface area contributed by atoms with Crippen molar-refractivity contribution >= 4 is 35.1 Å². The molecule has 0 aliphatic heterocycles. The third kappa shape index (κ3) is 4.55. The van der Waals surface area contributed by atoms with E-state index in [1.165, 1.54) is 11.8 Å². The minimum Gasteiger partial charge on any atom is -0.462 e. The Labute approximate surface area is 170 Å². The zero-order valence-electron chi connectivity index (χ0n) is 15.0. The van der Waals surface area contributed by atoms with Gasteiger partial charge in [0.05, 0.1) is 11.5 Å². The Bertz CT molecular complexity index is 1060. The van der Waals surface area contributed by atoms with Crippen molar-refractivity contribution in [2.24, 2.45) is 0 Å². The summed E-state index contributed by atoms with van der Waals surface area (Å²) in [7, 11) is 0. The van der Waals surface area contributed by atoms with Crippen LogP contribution in [0.25, 0.3) is 11.1 Å². The number of aromatic nitrogens is 1. The average molecular weight is 415 g/mol. The lowest BCUT2D eigenvalue weighted by Gasteiger charge is -2.14. The second kappa shape index (κ2) is 9.65. The van der Waals surface area contributed by atoms with E-state index in [-0.39, 0.29) is 23.6 Å². The molecule has 1 aromatic carbocycles. The number of carbonyl (C=O) groups is 1. The van der Waals surface area contributed by atoms with Gasteiger partial charge in [0, 0.05) is 16.8 Å². The molecule has 0 saturated heterocycles. The maximum Gasteiger partial charge on any atom is 0.350 e. The molecule has 0 bridgehead atoms. The van der Waals surface area contributed by atoms with Crippen molar-refractivity contribution in [3.8, 4) is 23.3 Å². The molecular weight excluding hydrogens is 400 g/mol. The van der Waals surface area contributed by atoms with E-state index >= 15 is 0 Å². The number of hydrogen-bond acceptors (Lipinski definition) is 7. The fourth-order valence-corrected chi connectivity index (χ4v) is 3.24. The molecule has 0 aliphatic carbocycles. The van der Waals surface area contributed by atoms with Crippen LogP contribution in [0.4, 0.5) is 5.82 Å². The van der Waals surface area contributed by atoms with E-state index in [1.54, 1.807) is 43.5 Å². The summed E-state index contributed by atoms with van der Waals surface area (Å²) in [6.45, 7) is 1.75. The number of nitriles is 2. The molecule has 0 spiro atoms. The summed E-state index contributed by atoms with van der Waals surface area (Å²) in [6.07, 6.45) is 2.93. The van der Waals surface area contributed by atoms with Crippen LogP contribution >= 0.6 is 23.4 Å². The normalized spacial score (nSPS) is 10.7. The molecule has 0 saturated carbocycles. The van der Waals surface area contributed by atoms with Crippen molar-refractivity contribution in [3.63, 3.8) is 0 Å². The molecule has 0 fully saturated rings. The third-order valence-corrected chi connectivity index (χ3v) is 4.66. The Morgan fingerprint density at radius 3 is 2.57 bits per heavy atom. The zero-order valence-corrected chi connectivity index (χ0v) is 16.6. The van der Waals surface area contributed by atoms with Crippen LogP contribution in [0.2, 0.25) is 5.02 Å². The van der Waals surface area contributed by atoms with E-state index in [0.29, 0.717) is 21.0 Å². The molecule has 7 nitrogen and oxygen atoms in total. The summed E-state index contributed by atoms with van der Waals surface area (Å²) in [5.41, 5.74) is 0.158. The number of benzene rings is 1. The average Bonchev–Trinajstić information content (AvgIpc) is 2.68. The summed E-state index contributed by atoms with van der Waals surface area (Å²) in [5.74, 6) is -0.532. The van der Waals surface area contributed by atoms with Gasteiger partial charge in [-0.15, -0.1) is 11.8 Å². The van der Waals surface area contributed by atoms with Crippen LogP contribution in [-0.2, 0) is 9.53 Å². The Hall–Kier alpha value is -3.20. The van der Waals surface area contributed by atoms with Gasteiger partial charge < -0.3 is 15.0 Å². The van der Waals surface area contributed by atoms with Crippen LogP contribution in [0.3, 0.4) is 0 Å². The highest BCUT2D eigenvalue weighted by molar-refractivity contribution is 7.98. The van der Waals surface area contributed by atoms with Crippen LogP contribution in [0, 0.1) is 22.7 Å². The summed E-state index contributed by atoms with van der Waals surface area (Å²) in [6, 6.07) is 10.4. The molecule has 0 unspecified atom stereocenters. The number of carbonyl (C=O) groups excluding carboxylic acids is 1. The number of nitrogens with one attached hydrogen (secondary N) is 2. The van der Waals surface area contributed by atoms with Crippen LogP contribution in [0.15, 0.2) is 45.7 Å². The minimum absolute atomic E-state index is 0.0490. The molecule has 1 aromatic heterocycles. The Morgan fingerprint density at radius 2 is 2.04 bits per heavy atom. The SMILES string of the molecule is CCOC(=O)C(C#N)=CNc1[nH]c(=O)c(C#N)c(-c2ccc(Cl)cc2)c1SC. The minimum atomic E-state index is -0.780. The molecule has 1 heterocycles. The standard InChI is InChI=1S/C19H15ClN4O3S/c1-3-27-19(26)12(8-21)10-23-17-16(28-2)15(14(9-22)18(25)24-17)11-4-6-13(20)7-5-11/h4-7,10H,3H2,1-2H3,(H2,23,24,25). The quantitative estimate of drug-likeness (QED) is 0.320. The molecule has 2 N–H and O–H groups in total. The molecule has 0 atom stereocenters. The molecule has 0 amide bonds. The second-order valence-electron chi connectivity index (χ2n) is 5.27. The maximum absolute atomic E-state index is 12.4. The van der Waals surface area contributed by atoms with Gasteiger partial charge in [-0.05, 0) is 30.9 Å². The Balaban J connectivity index is 2.63. The maximum atomic E-state index is 12.4. The van der Waals surface area contributed by atoms with E-state index in [9.17, 15) is 14.9 Å². The van der Waals surface area contributed by atoms with Crippen LogP contribution in [-0.4, -0.2) is 23.8 Å². The van der Waals surface area contributed by atoms with Crippen molar-refractivity contribution in [1.29, 1.82) is 10.5 Å². The topological polar surface area (TPSA) is 119 Å². The number of esters is 1. The van der Waals surface area contributed by atoms with Gasteiger partial charge in [-0.2, -0.15) is 10.5 Å². The van der Waals surface area contributed by atoms with Gasteiger partial charge in [-0.1, -0.05) is 23.7 Å². The first kappa shape index (κ1) is 21.1. The zero-order chi connectivity index (χ0) is 20.7. The molecule has 0 radical (unpaired) electrons. The number of anilines is 1. The number of pyridine rings is 1. The van der Waals surface area contributed by atoms with Gasteiger partial charge in [0.25, 0.3) is 5.56 Å².